The van der Waals surface area contributed by atoms with Gasteiger partial charge in [-0.3, -0.25) is 9.59 Å². The molecule has 2 aromatic rings. The number of hydrogen-bond acceptors (Lipinski definition) is 2. The van der Waals surface area contributed by atoms with Gasteiger partial charge in [0.2, 0.25) is 5.91 Å². The van der Waals surface area contributed by atoms with Crippen LogP contribution in [-0.4, -0.2) is 18.4 Å². The Bertz CT molecular complexity index is 745. The highest BCUT2D eigenvalue weighted by Gasteiger charge is 2.21. The Morgan fingerprint density at radius 3 is 2.74 bits per heavy atom. The van der Waals surface area contributed by atoms with E-state index >= 15 is 0 Å². The second kappa shape index (κ2) is 6.60. The number of anilines is 1. The second-order valence-electron chi connectivity index (χ2n) is 5.48. The van der Waals surface area contributed by atoms with Crippen LogP contribution in [0.2, 0.25) is 0 Å². The van der Waals surface area contributed by atoms with Gasteiger partial charge in [-0.15, -0.1) is 0 Å². The van der Waals surface area contributed by atoms with Crippen molar-refractivity contribution in [3.05, 3.63) is 65.5 Å². The Labute approximate surface area is 133 Å². The third kappa shape index (κ3) is 3.39. The Morgan fingerprint density at radius 1 is 1.17 bits per heavy atom. The maximum absolute atomic E-state index is 13.6. The van der Waals surface area contributed by atoms with E-state index in [4.69, 9.17) is 0 Å². The molecule has 0 spiro atoms. The fourth-order valence-corrected chi connectivity index (χ4v) is 2.68. The van der Waals surface area contributed by atoms with Crippen LogP contribution >= 0.6 is 0 Å². The van der Waals surface area contributed by atoms with Gasteiger partial charge >= 0.3 is 0 Å². The average molecular weight is 312 g/mol. The van der Waals surface area contributed by atoms with Gasteiger partial charge < -0.3 is 10.2 Å². The number of hydrogen-bond donors (Lipinski definition) is 1. The van der Waals surface area contributed by atoms with Gasteiger partial charge in [-0.2, -0.15) is 0 Å². The van der Waals surface area contributed by atoms with Crippen LogP contribution in [0.25, 0.3) is 0 Å². The molecule has 1 N–H and O–H groups in total. The van der Waals surface area contributed by atoms with Gasteiger partial charge in [0.25, 0.3) is 5.91 Å². The molecule has 1 saturated heterocycles. The number of carbonyl (C=O) groups is 2. The summed E-state index contributed by atoms with van der Waals surface area (Å²) in [6.07, 6.45) is 1.45. The maximum atomic E-state index is 13.6. The molecule has 2 amide bonds. The highest BCUT2D eigenvalue weighted by atomic mass is 19.1. The molecule has 0 bridgehead atoms. The largest absolute Gasteiger partial charge is 0.348 e. The maximum Gasteiger partial charge on any atom is 0.254 e. The highest BCUT2D eigenvalue weighted by Crippen LogP contribution is 2.22. The standard InChI is InChI=1S/C18H17FN2O2/c19-16-8-2-1-7-15(16)18(23)20-12-13-5-3-6-14(11-13)21-10-4-9-17(21)22/h1-3,5-8,11H,4,9-10,12H2,(H,20,23). The summed E-state index contributed by atoms with van der Waals surface area (Å²) in [5.41, 5.74) is 1.73. The summed E-state index contributed by atoms with van der Waals surface area (Å²) >= 11 is 0. The molecule has 1 heterocycles. The molecule has 118 valence electrons. The fourth-order valence-electron chi connectivity index (χ4n) is 2.68. The first-order valence-electron chi connectivity index (χ1n) is 7.57. The predicted octanol–water partition coefficient (Wildman–Crippen LogP) is 2.88. The predicted molar refractivity (Wildman–Crippen MR) is 85.6 cm³/mol. The molecule has 4 nitrogen and oxygen atoms in total. The second-order valence-corrected chi connectivity index (χ2v) is 5.48. The fraction of sp³-hybridized carbons (Fsp3) is 0.222. The Morgan fingerprint density at radius 2 is 2.00 bits per heavy atom. The molecule has 0 saturated carbocycles. The normalized spacial score (nSPS) is 14.1. The van der Waals surface area contributed by atoms with Crippen molar-refractivity contribution >= 4 is 17.5 Å². The molecular formula is C18H17FN2O2. The van der Waals surface area contributed by atoms with Gasteiger partial charge in [0.1, 0.15) is 5.82 Å². The molecule has 2 aromatic carbocycles. The minimum absolute atomic E-state index is 0.0263. The Balaban J connectivity index is 1.68. The molecule has 0 unspecified atom stereocenters. The quantitative estimate of drug-likeness (QED) is 0.944. The van der Waals surface area contributed by atoms with E-state index in [1.807, 2.05) is 24.3 Å². The molecule has 0 aromatic heterocycles. The van der Waals surface area contributed by atoms with Crippen molar-refractivity contribution in [3.8, 4) is 0 Å². The smallest absolute Gasteiger partial charge is 0.254 e. The number of nitrogens with one attached hydrogen (secondary N) is 1. The SMILES string of the molecule is O=C(NCc1cccc(N2CCCC2=O)c1)c1ccccc1F. The molecule has 23 heavy (non-hydrogen) atoms. The van der Waals surface area contributed by atoms with Crippen LogP contribution in [0, 0.1) is 5.82 Å². The highest BCUT2D eigenvalue weighted by molar-refractivity contribution is 5.95. The zero-order chi connectivity index (χ0) is 16.2. The van der Waals surface area contributed by atoms with Crippen LogP contribution in [0.1, 0.15) is 28.8 Å². The van der Waals surface area contributed by atoms with E-state index in [9.17, 15) is 14.0 Å². The lowest BCUT2D eigenvalue weighted by Crippen LogP contribution is -2.25. The molecule has 0 radical (unpaired) electrons. The van der Waals surface area contributed by atoms with Crippen molar-refractivity contribution in [2.75, 3.05) is 11.4 Å². The minimum Gasteiger partial charge on any atom is -0.348 e. The first-order valence-corrected chi connectivity index (χ1v) is 7.57. The van der Waals surface area contributed by atoms with E-state index < -0.39 is 11.7 Å². The third-order valence-electron chi connectivity index (χ3n) is 3.87. The average Bonchev–Trinajstić information content (AvgIpc) is 2.99. The van der Waals surface area contributed by atoms with Crippen molar-refractivity contribution in [2.45, 2.75) is 19.4 Å². The van der Waals surface area contributed by atoms with Crippen molar-refractivity contribution in [1.29, 1.82) is 0 Å². The summed E-state index contributed by atoms with van der Waals surface area (Å²) in [4.78, 5) is 25.6. The summed E-state index contributed by atoms with van der Waals surface area (Å²) in [5.74, 6) is -0.871. The van der Waals surface area contributed by atoms with E-state index in [0.717, 1.165) is 24.2 Å². The molecule has 5 heteroatoms. The van der Waals surface area contributed by atoms with E-state index in [0.29, 0.717) is 6.42 Å². The number of nitrogens with zero attached hydrogens (tertiary/aromatic N) is 1. The van der Waals surface area contributed by atoms with Gasteiger partial charge in [-0.25, -0.2) is 4.39 Å². The van der Waals surface area contributed by atoms with Gasteiger partial charge in [0.15, 0.2) is 0 Å². The van der Waals surface area contributed by atoms with Gasteiger partial charge in [-0.1, -0.05) is 24.3 Å². The van der Waals surface area contributed by atoms with Crippen molar-refractivity contribution in [2.24, 2.45) is 0 Å². The zero-order valence-corrected chi connectivity index (χ0v) is 12.6. The van der Waals surface area contributed by atoms with Gasteiger partial charge in [0.05, 0.1) is 5.56 Å². The van der Waals surface area contributed by atoms with Crippen LogP contribution < -0.4 is 10.2 Å². The Kier molecular flexibility index (Phi) is 4.37. The number of halogens is 1. The van der Waals surface area contributed by atoms with Crippen LogP contribution in [0.15, 0.2) is 48.5 Å². The lowest BCUT2D eigenvalue weighted by Gasteiger charge is -2.16. The van der Waals surface area contributed by atoms with Gasteiger partial charge in [0, 0.05) is 25.2 Å². The van der Waals surface area contributed by atoms with Crippen molar-refractivity contribution in [3.63, 3.8) is 0 Å². The number of benzene rings is 2. The van der Waals surface area contributed by atoms with Crippen LogP contribution in [0.3, 0.4) is 0 Å². The lowest BCUT2D eigenvalue weighted by molar-refractivity contribution is -0.117. The monoisotopic (exact) mass is 312 g/mol. The summed E-state index contributed by atoms with van der Waals surface area (Å²) in [6, 6.07) is 13.4. The molecule has 0 atom stereocenters. The molecule has 1 aliphatic heterocycles. The van der Waals surface area contributed by atoms with E-state index in [1.165, 1.54) is 12.1 Å². The number of rotatable bonds is 4. The minimum atomic E-state index is -0.540. The molecule has 1 aliphatic rings. The van der Waals surface area contributed by atoms with Crippen molar-refractivity contribution in [1.82, 2.24) is 5.32 Å². The number of carbonyl (C=O) groups excluding carboxylic acids is 2. The van der Waals surface area contributed by atoms with E-state index in [-0.39, 0.29) is 18.0 Å². The summed E-state index contributed by atoms with van der Waals surface area (Å²) in [7, 11) is 0. The van der Waals surface area contributed by atoms with E-state index in [2.05, 4.69) is 5.32 Å². The van der Waals surface area contributed by atoms with Crippen LogP contribution in [-0.2, 0) is 11.3 Å². The lowest BCUT2D eigenvalue weighted by atomic mass is 10.1. The summed E-state index contributed by atoms with van der Waals surface area (Å²) in [6.45, 7) is 1.01. The Hall–Kier alpha value is -2.69. The van der Waals surface area contributed by atoms with Crippen molar-refractivity contribution < 1.29 is 14.0 Å². The zero-order valence-electron chi connectivity index (χ0n) is 12.6. The van der Waals surface area contributed by atoms with Crippen LogP contribution in [0.4, 0.5) is 10.1 Å². The molecule has 3 rings (SSSR count). The van der Waals surface area contributed by atoms with Crippen LogP contribution in [0.5, 0.6) is 0 Å². The number of amides is 2. The molecule has 1 fully saturated rings. The van der Waals surface area contributed by atoms with E-state index in [1.54, 1.807) is 17.0 Å². The third-order valence-corrected chi connectivity index (χ3v) is 3.87. The first kappa shape index (κ1) is 15.2. The molecule has 0 aliphatic carbocycles. The first-order chi connectivity index (χ1) is 11.1. The summed E-state index contributed by atoms with van der Waals surface area (Å²) < 4.78 is 13.6. The topological polar surface area (TPSA) is 49.4 Å². The molecular weight excluding hydrogens is 295 g/mol. The van der Waals surface area contributed by atoms with Gasteiger partial charge in [-0.05, 0) is 36.2 Å². The summed E-state index contributed by atoms with van der Waals surface area (Å²) in [5, 5.41) is 2.70.